The molecule has 0 saturated heterocycles. The average molecular weight is 354 g/mol. The molecule has 1 saturated carbocycles. The van der Waals surface area contributed by atoms with Crippen molar-refractivity contribution in [1.82, 2.24) is 0 Å². The van der Waals surface area contributed by atoms with Crippen molar-refractivity contribution in [3.8, 4) is 0 Å². The maximum absolute atomic E-state index is 12.1. The lowest BCUT2D eigenvalue weighted by Crippen LogP contribution is -2.18. The molecule has 0 aliphatic heterocycles. The van der Waals surface area contributed by atoms with Crippen LogP contribution in [0.15, 0.2) is 24.3 Å². The van der Waals surface area contributed by atoms with E-state index in [4.69, 9.17) is 10.2 Å². The molecule has 5 nitrogen and oxygen atoms in total. The first-order chi connectivity index (χ1) is 12.0. The highest BCUT2D eigenvalue weighted by Crippen LogP contribution is 2.33. The Balaban J connectivity index is 2.47. The smallest absolute Gasteiger partial charge is 0.151 e. The van der Waals surface area contributed by atoms with E-state index in [2.05, 4.69) is 6.92 Å². The average Bonchev–Trinajstić information content (AvgIpc) is 2.82. The van der Waals surface area contributed by atoms with Crippen molar-refractivity contribution >= 4 is 5.78 Å². The molecule has 1 aliphatic carbocycles. The molecule has 1 unspecified atom stereocenters. The van der Waals surface area contributed by atoms with E-state index < -0.39 is 18.5 Å². The molecule has 1 fully saturated rings. The zero-order valence-corrected chi connectivity index (χ0v) is 15.3. The molecule has 0 heterocycles. The molecule has 1 aliphatic rings. The minimum Gasteiger partial charge on any atom is -0.392 e. The SMILES string of the molecule is CCCCCC(O)C=C[C@H]1[C@H](O)CC(=O)[C@@H]1C/C=C/CCCC(O)O. The number of aliphatic hydroxyl groups excluding tert-OH is 3. The van der Waals surface area contributed by atoms with Crippen molar-refractivity contribution in [2.45, 2.75) is 83.2 Å². The number of hydrogen-bond donors (Lipinski definition) is 4. The highest BCUT2D eigenvalue weighted by molar-refractivity contribution is 5.84. The maximum Gasteiger partial charge on any atom is 0.151 e. The van der Waals surface area contributed by atoms with Gasteiger partial charge in [-0.05, 0) is 32.1 Å². The van der Waals surface area contributed by atoms with Crippen LogP contribution < -0.4 is 0 Å². The Morgan fingerprint density at radius 1 is 1.12 bits per heavy atom. The third-order valence-electron chi connectivity index (χ3n) is 4.78. The van der Waals surface area contributed by atoms with Gasteiger partial charge in [0, 0.05) is 18.3 Å². The van der Waals surface area contributed by atoms with E-state index in [1.54, 1.807) is 6.08 Å². The van der Waals surface area contributed by atoms with E-state index in [1.165, 1.54) is 0 Å². The van der Waals surface area contributed by atoms with Crippen LogP contribution in [0.5, 0.6) is 0 Å². The molecular formula is C20H34O5. The standard InChI is InChI=1S/C20H34O5/c1-2-3-6-9-15(21)12-13-17-16(18(22)14-19(17)23)10-7-4-5-8-11-20(24)25/h4,7,12-13,15-17,19-21,23-25H,2-3,5-6,8-11,14H2,1H3/b7-4+,13-12?/t15?,16-,17-,19-/m1/s1. The summed E-state index contributed by atoms with van der Waals surface area (Å²) in [6.45, 7) is 2.12. The molecule has 0 aromatic carbocycles. The van der Waals surface area contributed by atoms with Gasteiger partial charge >= 0.3 is 0 Å². The number of hydrogen-bond acceptors (Lipinski definition) is 5. The van der Waals surface area contributed by atoms with Crippen molar-refractivity contribution in [2.75, 3.05) is 0 Å². The van der Waals surface area contributed by atoms with Crippen LogP contribution in [0, 0.1) is 11.8 Å². The third kappa shape index (κ3) is 8.77. The Labute approximate surface area is 151 Å². The molecule has 0 radical (unpaired) electrons. The normalized spacial score (nSPS) is 25.7. The Hall–Kier alpha value is -1.01. The van der Waals surface area contributed by atoms with Crippen molar-refractivity contribution in [1.29, 1.82) is 0 Å². The summed E-state index contributed by atoms with van der Waals surface area (Å²) in [7, 11) is 0. The highest BCUT2D eigenvalue weighted by atomic mass is 16.5. The highest BCUT2D eigenvalue weighted by Gasteiger charge is 2.39. The summed E-state index contributed by atoms with van der Waals surface area (Å²) in [5.74, 6) is -0.413. The number of ketones is 1. The zero-order valence-electron chi connectivity index (χ0n) is 15.3. The van der Waals surface area contributed by atoms with Gasteiger partial charge in [0.15, 0.2) is 6.29 Å². The van der Waals surface area contributed by atoms with E-state index in [1.807, 2.05) is 18.2 Å². The summed E-state index contributed by atoms with van der Waals surface area (Å²) in [5, 5.41) is 37.7. The Kier molecular flexibility index (Phi) is 10.9. The van der Waals surface area contributed by atoms with Gasteiger partial charge in [0.25, 0.3) is 0 Å². The topological polar surface area (TPSA) is 98.0 Å². The molecule has 0 bridgehead atoms. The second-order valence-corrected chi connectivity index (χ2v) is 6.99. The van der Waals surface area contributed by atoms with Gasteiger partial charge in [-0.2, -0.15) is 0 Å². The largest absolute Gasteiger partial charge is 0.392 e. The fourth-order valence-corrected chi connectivity index (χ4v) is 3.26. The summed E-state index contributed by atoms with van der Waals surface area (Å²) in [6, 6.07) is 0. The number of carbonyl (C=O) groups is 1. The maximum atomic E-state index is 12.1. The summed E-state index contributed by atoms with van der Waals surface area (Å²) in [5.41, 5.74) is 0. The number of allylic oxidation sites excluding steroid dienone is 2. The van der Waals surface area contributed by atoms with Crippen LogP contribution in [0.25, 0.3) is 0 Å². The number of rotatable bonds is 12. The van der Waals surface area contributed by atoms with Crippen molar-refractivity contribution in [2.24, 2.45) is 11.8 Å². The van der Waals surface area contributed by atoms with Gasteiger partial charge in [0.05, 0.1) is 12.2 Å². The van der Waals surface area contributed by atoms with E-state index >= 15 is 0 Å². The summed E-state index contributed by atoms with van der Waals surface area (Å²) >= 11 is 0. The molecule has 25 heavy (non-hydrogen) atoms. The fraction of sp³-hybridized carbons (Fsp3) is 0.750. The second kappa shape index (κ2) is 12.4. The predicted octanol–water partition coefficient (Wildman–Crippen LogP) is 2.48. The molecule has 1 rings (SSSR count). The van der Waals surface area contributed by atoms with Crippen LogP contribution in [-0.4, -0.2) is 44.7 Å². The molecule has 0 amide bonds. The van der Waals surface area contributed by atoms with Gasteiger partial charge in [-0.3, -0.25) is 4.79 Å². The molecular weight excluding hydrogens is 320 g/mol. The number of carbonyl (C=O) groups excluding carboxylic acids is 1. The van der Waals surface area contributed by atoms with E-state index in [9.17, 15) is 15.0 Å². The third-order valence-corrected chi connectivity index (χ3v) is 4.78. The zero-order chi connectivity index (χ0) is 18.7. The lowest BCUT2D eigenvalue weighted by Gasteiger charge is -2.16. The van der Waals surface area contributed by atoms with Crippen LogP contribution in [0.1, 0.15) is 64.7 Å². The molecule has 5 heteroatoms. The van der Waals surface area contributed by atoms with Crippen molar-refractivity contribution < 1.29 is 25.2 Å². The Bertz CT molecular complexity index is 430. The van der Waals surface area contributed by atoms with Crippen LogP contribution in [0.4, 0.5) is 0 Å². The number of unbranched alkanes of at least 4 members (excludes halogenated alkanes) is 3. The van der Waals surface area contributed by atoms with Crippen LogP contribution in [0.2, 0.25) is 0 Å². The monoisotopic (exact) mass is 354 g/mol. The van der Waals surface area contributed by atoms with Gasteiger partial charge < -0.3 is 20.4 Å². The Morgan fingerprint density at radius 2 is 1.88 bits per heavy atom. The second-order valence-electron chi connectivity index (χ2n) is 6.99. The fourth-order valence-electron chi connectivity index (χ4n) is 3.26. The first kappa shape index (κ1) is 22.0. The molecule has 0 aromatic rings. The Morgan fingerprint density at radius 3 is 2.56 bits per heavy atom. The number of aliphatic hydroxyl groups is 4. The van der Waals surface area contributed by atoms with E-state index in [0.717, 1.165) is 25.7 Å². The van der Waals surface area contributed by atoms with Gasteiger partial charge in [-0.25, -0.2) is 0 Å². The molecule has 0 spiro atoms. The van der Waals surface area contributed by atoms with Gasteiger partial charge in [0.2, 0.25) is 0 Å². The summed E-state index contributed by atoms with van der Waals surface area (Å²) in [6.07, 6.45) is 11.3. The van der Waals surface area contributed by atoms with Crippen LogP contribution in [0.3, 0.4) is 0 Å². The van der Waals surface area contributed by atoms with Crippen molar-refractivity contribution in [3.05, 3.63) is 24.3 Å². The summed E-state index contributed by atoms with van der Waals surface area (Å²) in [4.78, 5) is 12.1. The first-order valence-corrected chi connectivity index (χ1v) is 9.54. The predicted molar refractivity (Wildman–Crippen MR) is 97.7 cm³/mol. The molecule has 0 aromatic heterocycles. The van der Waals surface area contributed by atoms with Crippen LogP contribution in [-0.2, 0) is 4.79 Å². The van der Waals surface area contributed by atoms with Gasteiger partial charge in [-0.15, -0.1) is 0 Å². The van der Waals surface area contributed by atoms with Crippen molar-refractivity contribution in [3.63, 3.8) is 0 Å². The number of Topliss-reactive ketones (excluding diaryl/α,β-unsaturated/α-hetero) is 1. The van der Waals surface area contributed by atoms with Crippen LogP contribution >= 0.6 is 0 Å². The summed E-state index contributed by atoms with van der Waals surface area (Å²) < 4.78 is 0. The lowest BCUT2D eigenvalue weighted by atomic mass is 9.90. The molecule has 4 atom stereocenters. The van der Waals surface area contributed by atoms with Gasteiger partial charge in [0.1, 0.15) is 5.78 Å². The minimum absolute atomic E-state index is 0.0676. The molecule has 4 N–H and O–H groups in total. The quantitative estimate of drug-likeness (QED) is 0.245. The first-order valence-electron chi connectivity index (χ1n) is 9.54. The molecule has 144 valence electrons. The van der Waals surface area contributed by atoms with E-state index in [-0.39, 0.29) is 24.0 Å². The lowest BCUT2D eigenvalue weighted by molar-refractivity contribution is -0.121. The van der Waals surface area contributed by atoms with E-state index in [0.29, 0.717) is 25.7 Å². The minimum atomic E-state index is -1.27. The van der Waals surface area contributed by atoms with Gasteiger partial charge in [-0.1, -0.05) is 50.5 Å².